The van der Waals surface area contributed by atoms with Crippen molar-refractivity contribution in [3.8, 4) is 5.75 Å². The quantitative estimate of drug-likeness (QED) is 0.654. The minimum Gasteiger partial charge on any atom is -0.494 e. The van der Waals surface area contributed by atoms with Crippen LogP contribution in [0.2, 0.25) is 0 Å². The summed E-state index contributed by atoms with van der Waals surface area (Å²) in [5, 5.41) is 0. The molecule has 1 aromatic carbocycles. The maximum absolute atomic E-state index is 11.6. The van der Waals surface area contributed by atoms with E-state index in [1.165, 1.54) is 0 Å². The predicted octanol–water partition coefficient (Wildman–Crippen LogP) is 0.374. The number of hydrogen-bond acceptors (Lipinski definition) is 6. The van der Waals surface area contributed by atoms with Gasteiger partial charge in [-0.3, -0.25) is 0 Å². The number of nitrogens with two attached hydrogens (primary N) is 1. The molecule has 0 aliphatic heterocycles. The number of sulfone groups is 2. The molecule has 0 aliphatic rings. The Bertz CT molecular complexity index is 636. The van der Waals surface area contributed by atoms with Crippen molar-refractivity contribution in [2.24, 2.45) is 5.73 Å². The van der Waals surface area contributed by atoms with Crippen LogP contribution in [0.5, 0.6) is 5.75 Å². The van der Waals surface area contributed by atoms with Gasteiger partial charge in [-0.05, 0) is 24.1 Å². The first-order chi connectivity index (χ1) is 9.72. The van der Waals surface area contributed by atoms with Gasteiger partial charge in [0.05, 0.1) is 23.9 Å². The molecule has 0 unspecified atom stereocenters. The van der Waals surface area contributed by atoms with E-state index < -0.39 is 19.7 Å². The molecule has 0 saturated heterocycles. The Morgan fingerprint density at radius 1 is 1.00 bits per heavy atom. The minimum absolute atomic E-state index is 0.0800. The topological polar surface area (TPSA) is 104 Å². The van der Waals surface area contributed by atoms with Crippen molar-refractivity contribution in [3.05, 3.63) is 29.8 Å². The molecule has 0 atom stereocenters. The summed E-state index contributed by atoms with van der Waals surface area (Å²) in [7, 11) is -6.61. The monoisotopic (exact) mass is 335 g/mol. The molecule has 120 valence electrons. The lowest BCUT2D eigenvalue weighted by Crippen LogP contribution is -2.19. The Morgan fingerprint density at radius 3 is 2.14 bits per heavy atom. The molecule has 8 heteroatoms. The first-order valence-electron chi connectivity index (χ1n) is 6.52. The molecule has 0 spiro atoms. The van der Waals surface area contributed by atoms with E-state index in [4.69, 9.17) is 10.5 Å². The van der Waals surface area contributed by atoms with Crippen molar-refractivity contribution in [2.45, 2.75) is 13.0 Å². The number of rotatable bonds is 9. The van der Waals surface area contributed by atoms with E-state index in [-0.39, 0.29) is 23.9 Å². The Kier molecular flexibility index (Phi) is 6.63. The zero-order valence-corrected chi connectivity index (χ0v) is 13.6. The van der Waals surface area contributed by atoms with Crippen molar-refractivity contribution < 1.29 is 21.6 Å². The molecule has 0 bridgehead atoms. The van der Waals surface area contributed by atoms with E-state index in [0.29, 0.717) is 18.7 Å². The van der Waals surface area contributed by atoms with Crippen LogP contribution in [0.3, 0.4) is 0 Å². The number of benzene rings is 1. The maximum atomic E-state index is 11.6. The summed E-state index contributed by atoms with van der Waals surface area (Å²) < 4.78 is 50.6. The second-order valence-corrected chi connectivity index (χ2v) is 9.40. The standard InChI is InChI=1S/C13H21NO5S2/c1-20(15,16)9-10-21(17,18)8-2-7-19-13-5-3-12(11-14)4-6-13/h3-6H,2,7-11,14H2,1H3. The van der Waals surface area contributed by atoms with Gasteiger partial charge in [-0.15, -0.1) is 0 Å². The van der Waals surface area contributed by atoms with Crippen LogP contribution >= 0.6 is 0 Å². The van der Waals surface area contributed by atoms with Gasteiger partial charge in [0.1, 0.15) is 15.6 Å². The second-order valence-electron chi connectivity index (χ2n) is 4.83. The third-order valence-corrected chi connectivity index (χ3v) is 5.73. The van der Waals surface area contributed by atoms with Gasteiger partial charge >= 0.3 is 0 Å². The summed E-state index contributed by atoms with van der Waals surface area (Å²) in [6.45, 7) is 0.721. The van der Waals surface area contributed by atoms with Crippen molar-refractivity contribution >= 4 is 19.7 Å². The molecular weight excluding hydrogens is 314 g/mol. The van der Waals surface area contributed by atoms with E-state index in [9.17, 15) is 16.8 Å². The fraction of sp³-hybridized carbons (Fsp3) is 0.538. The molecule has 0 heterocycles. The molecule has 0 aromatic heterocycles. The summed E-state index contributed by atoms with van der Waals surface area (Å²) in [6, 6.07) is 7.25. The third kappa shape index (κ3) is 8.03. The average Bonchev–Trinajstić information content (AvgIpc) is 2.42. The lowest BCUT2D eigenvalue weighted by Gasteiger charge is -2.07. The lowest BCUT2D eigenvalue weighted by molar-refractivity contribution is 0.317. The first-order valence-corrected chi connectivity index (χ1v) is 10.4. The summed E-state index contributed by atoms with van der Waals surface area (Å²) in [6.07, 6.45) is 1.35. The van der Waals surface area contributed by atoms with Crippen LogP contribution in [0, 0.1) is 0 Å². The van der Waals surface area contributed by atoms with Crippen LogP contribution in [0.15, 0.2) is 24.3 Å². The molecule has 0 fully saturated rings. The van der Waals surface area contributed by atoms with E-state index in [0.717, 1.165) is 11.8 Å². The van der Waals surface area contributed by atoms with Crippen molar-refractivity contribution in [3.63, 3.8) is 0 Å². The fourth-order valence-corrected chi connectivity index (χ4v) is 4.56. The van der Waals surface area contributed by atoms with Crippen LogP contribution < -0.4 is 10.5 Å². The third-order valence-electron chi connectivity index (χ3n) is 2.79. The fourth-order valence-electron chi connectivity index (χ4n) is 1.57. The van der Waals surface area contributed by atoms with E-state index >= 15 is 0 Å². The van der Waals surface area contributed by atoms with Gasteiger partial charge in [-0.2, -0.15) is 0 Å². The highest BCUT2D eigenvalue weighted by atomic mass is 32.2. The van der Waals surface area contributed by atoms with Gasteiger partial charge in [0.15, 0.2) is 9.84 Å². The van der Waals surface area contributed by atoms with Crippen molar-refractivity contribution in [1.29, 1.82) is 0 Å². The van der Waals surface area contributed by atoms with Gasteiger partial charge in [-0.25, -0.2) is 16.8 Å². The van der Waals surface area contributed by atoms with Gasteiger partial charge in [0.2, 0.25) is 0 Å². The van der Waals surface area contributed by atoms with Crippen LogP contribution in [-0.4, -0.2) is 47.0 Å². The summed E-state index contributed by atoms with van der Waals surface area (Å²) in [4.78, 5) is 0. The zero-order valence-electron chi connectivity index (χ0n) is 12.0. The molecular formula is C13H21NO5S2. The maximum Gasteiger partial charge on any atom is 0.151 e. The normalized spacial score (nSPS) is 12.3. The largest absolute Gasteiger partial charge is 0.494 e. The van der Waals surface area contributed by atoms with Crippen LogP contribution in [0.1, 0.15) is 12.0 Å². The summed E-state index contributed by atoms with van der Waals surface area (Å²) in [5.41, 5.74) is 6.47. The number of hydrogen-bond donors (Lipinski definition) is 1. The molecule has 1 aromatic rings. The molecule has 0 amide bonds. The van der Waals surface area contributed by atoms with Crippen LogP contribution in [0.4, 0.5) is 0 Å². The average molecular weight is 335 g/mol. The highest BCUT2D eigenvalue weighted by Gasteiger charge is 2.14. The molecule has 0 radical (unpaired) electrons. The summed E-state index contributed by atoms with van der Waals surface area (Å²) >= 11 is 0. The molecule has 6 nitrogen and oxygen atoms in total. The Labute approximate surface area is 126 Å². The Hall–Kier alpha value is -1.12. The van der Waals surface area contributed by atoms with Crippen LogP contribution in [0.25, 0.3) is 0 Å². The molecule has 1 rings (SSSR count). The second kappa shape index (κ2) is 7.77. The predicted molar refractivity (Wildman–Crippen MR) is 82.8 cm³/mol. The van der Waals surface area contributed by atoms with Gasteiger partial charge < -0.3 is 10.5 Å². The van der Waals surface area contributed by atoms with Gasteiger partial charge in [0, 0.05) is 12.8 Å². The first kappa shape index (κ1) is 17.9. The zero-order chi connectivity index (χ0) is 15.9. The van der Waals surface area contributed by atoms with Gasteiger partial charge in [-0.1, -0.05) is 12.1 Å². The van der Waals surface area contributed by atoms with Crippen molar-refractivity contribution in [2.75, 3.05) is 30.1 Å². The highest BCUT2D eigenvalue weighted by molar-refractivity contribution is 7.94. The molecule has 2 N–H and O–H groups in total. The summed E-state index contributed by atoms with van der Waals surface area (Å²) in [5.74, 6) is -0.0993. The highest BCUT2D eigenvalue weighted by Crippen LogP contribution is 2.12. The van der Waals surface area contributed by atoms with Gasteiger partial charge in [0.25, 0.3) is 0 Å². The van der Waals surface area contributed by atoms with E-state index in [2.05, 4.69) is 0 Å². The lowest BCUT2D eigenvalue weighted by atomic mass is 10.2. The Balaban J connectivity index is 2.32. The van der Waals surface area contributed by atoms with Crippen molar-refractivity contribution in [1.82, 2.24) is 0 Å². The SMILES string of the molecule is CS(=O)(=O)CCS(=O)(=O)CCCOc1ccc(CN)cc1. The van der Waals surface area contributed by atoms with E-state index in [1.807, 2.05) is 12.1 Å². The molecule has 0 aliphatic carbocycles. The molecule has 0 saturated carbocycles. The number of ether oxygens (including phenoxy) is 1. The molecule has 21 heavy (non-hydrogen) atoms. The van der Waals surface area contributed by atoms with Crippen LogP contribution in [-0.2, 0) is 26.2 Å². The Morgan fingerprint density at radius 2 is 1.62 bits per heavy atom. The minimum atomic E-state index is -3.36. The van der Waals surface area contributed by atoms with E-state index in [1.54, 1.807) is 12.1 Å². The smallest absolute Gasteiger partial charge is 0.151 e.